The van der Waals surface area contributed by atoms with Gasteiger partial charge in [0.25, 0.3) is 0 Å². The smallest absolute Gasteiger partial charge is 0.191 e. The number of aromatic nitrogens is 1. The van der Waals surface area contributed by atoms with Gasteiger partial charge in [0.2, 0.25) is 0 Å². The molecule has 0 aliphatic rings. The average Bonchev–Trinajstić information content (AvgIpc) is 2.94. The molecule has 0 saturated heterocycles. The van der Waals surface area contributed by atoms with Crippen molar-refractivity contribution in [3.05, 3.63) is 44.9 Å². The quantitative estimate of drug-likeness (QED) is 0.249. The molecule has 2 aromatic rings. The van der Waals surface area contributed by atoms with E-state index in [2.05, 4.69) is 39.7 Å². The van der Waals surface area contributed by atoms with E-state index in [4.69, 9.17) is 9.47 Å². The molecule has 0 saturated carbocycles. The number of aryl methyl sites for hydroxylation is 3. The van der Waals surface area contributed by atoms with Gasteiger partial charge in [-0.3, -0.25) is 4.99 Å². The molecule has 0 bridgehead atoms. The van der Waals surface area contributed by atoms with Gasteiger partial charge in [0.05, 0.1) is 23.9 Å². The first-order valence-electron chi connectivity index (χ1n) is 8.62. The van der Waals surface area contributed by atoms with E-state index >= 15 is 0 Å². The van der Waals surface area contributed by atoms with Crippen LogP contribution in [0, 0.1) is 20.8 Å². The summed E-state index contributed by atoms with van der Waals surface area (Å²) in [5.41, 5.74) is 3.32. The third-order valence-corrected chi connectivity index (χ3v) is 4.93. The first kappa shape index (κ1) is 23.6. The standard InChI is InChI=1S/C19H28N4O2S.HI/c1-13-6-7-16(17(10-13)25-9-8-24-5)11-21-19(20-4)22-12-18-14(2)23-15(3)26-18;/h6-7,10H,8-9,11-12H2,1-5H3,(H2,20,21,22);1H. The van der Waals surface area contributed by atoms with Crippen molar-refractivity contribution in [3.63, 3.8) is 0 Å². The van der Waals surface area contributed by atoms with Crippen molar-refractivity contribution in [1.82, 2.24) is 15.6 Å². The number of halogens is 1. The summed E-state index contributed by atoms with van der Waals surface area (Å²) in [7, 11) is 3.44. The Kier molecular flexibility index (Phi) is 10.6. The van der Waals surface area contributed by atoms with Crippen molar-refractivity contribution in [3.8, 4) is 5.75 Å². The number of methoxy groups -OCH3 is 1. The Labute approximate surface area is 182 Å². The zero-order valence-corrected chi connectivity index (χ0v) is 19.7. The largest absolute Gasteiger partial charge is 0.491 e. The minimum atomic E-state index is 0. The van der Waals surface area contributed by atoms with Crippen LogP contribution >= 0.6 is 35.3 Å². The molecule has 1 aromatic heterocycles. The van der Waals surface area contributed by atoms with Gasteiger partial charge in [0.15, 0.2) is 5.96 Å². The van der Waals surface area contributed by atoms with E-state index in [1.54, 1.807) is 25.5 Å². The first-order chi connectivity index (χ1) is 12.5. The number of hydrogen-bond donors (Lipinski definition) is 2. The zero-order valence-electron chi connectivity index (χ0n) is 16.6. The molecule has 1 heterocycles. The van der Waals surface area contributed by atoms with Crippen LogP contribution in [0.4, 0.5) is 0 Å². The van der Waals surface area contributed by atoms with E-state index in [0.717, 1.165) is 28.0 Å². The van der Waals surface area contributed by atoms with E-state index in [-0.39, 0.29) is 24.0 Å². The monoisotopic (exact) mass is 504 g/mol. The summed E-state index contributed by atoms with van der Waals surface area (Å²) in [5.74, 6) is 1.62. The maximum absolute atomic E-state index is 5.84. The highest BCUT2D eigenvalue weighted by molar-refractivity contribution is 14.0. The molecule has 0 aliphatic heterocycles. The molecule has 0 radical (unpaired) electrons. The van der Waals surface area contributed by atoms with Crippen LogP contribution in [0.2, 0.25) is 0 Å². The van der Waals surface area contributed by atoms with Crippen molar-refractivity contribution in [2.24, 2.45) is 4.99 Å². The van der Waals surface area contributed by atoms with Gasteiger partial charge in [0, 0.05) is 31.1 Å². The van der Waals surface area contributed by atoms with Crippen LogP contribution in [0.15, 0.2) is 23.2 Å². The number of aliphatic imine (C=N–C) groups is 1. The summed E-state index contributed by atoms with van der Waals surface area (Å²) in [6.45, 7) is 8.55. The van der Waals surface area contributed by atoms with Crippen LogP contribution in [0.3, 0.4) is 0 Å². The second-order valence-electron chi connectivity index (χ2n) is 5.97. The number of ether oxygens (including phenoxy) is 2. The fourth-order valence-electron chi connectivity index (χ4n) is 2.48. The predicted octanol–water partition coefficient (Wildman–Crippen LogP) is 3.58. The molecule has 150 valence electrons. The van der Waals surface area contributed by atoms with Crippen LogP contribution in [0.25, 0.3) is 0 Å². The summed E-state index contributed by atoms with van der Waals surface area (Å²) in [5, 5.41) is 7.77. The van der Waals surface area contributed by atoms with Gasteiger partial charge in [-0.05, 0) is 32.4 Å². The molecule has 6 nitrogen and oxygen atoms in total. The Balaban J connectivity index is 0.00000364. The summed E-state index contributed by atoms with van der Waals surface area (Å²) in [4.78, 5) is 9.98. The fourth-order valence-corrected chi connectivity index (χ4v) is 3.36. The number of nitrogens with one attached hydrogen (secondary N) is 2. The molecule has 2 N–H and O–H groups in total. The second-order valence-corrected chi connectivity index (χ2v) is 7.26. The van der Waals surface area contributed by atoms with Gasteiger partial charge in [-0.25, -0.2) is 4.98 Å². The van der Waals surface area contributed by atoms with Gasteiger partial charge in [-0.2, -0.15) is 0 Å². The van der Waals surface area contributed by atoms with Crippen LogP contribution in [0.1, 0.15) is 26.7 Å². The van der Waals surface area contributed by atoms with E-state index in [1.807, 2.05) is 19.9 Å². The minimum Gasteiger partial charge on any atom is -0.491 e. The second kappa shape index (κ2) is 12.1. The first-order valence-corrected chi connectivity index (χ1v) is 9.43. The molecule has 0 fully saturated rings. The number of hydrogen-bond acceptors (Lipinski definition) is 5. The highest BCUT2D eigenvalue weighted by atomic mass is 127. The van der Waals surface area contributed by atoms with Crippen molar-refractivity contribution in [1.29, 1.82) is 0 Å². The lowest BCUT2D eigenvalue weighted by Gasteiger charge is -2.15. The van der Waals surface area contributed by atoms with Crippen LogP contribution in [-0.4, -0.2) is 38.3 Å². The van der Waals surface area contributed by atoms with E-state index in [9.17, 15) is 0 Å². The number of benzene rings is 1. The molecule has 2 rings (SSSR count). The molecule has 0 aliphatic carbocycles. The number of guanidine groups is 1. The highest BCUT2D eigenvalue weighted by Gasteiger charge is 2.08. The lowest BCUT2D eigenvalue weighted by Crippen LogP contribution is -2.36. The minimum absolute atomic E-state index is 0. The maximum Gasteiger partial charge on any atom is 0.191 e. The topological polar surface area (TPSA) is 67.8 Å². The SMILES string of the molecule is CN=C(NCc1ccc(C)cc1OCCOC)NCc1sc(C)nc1C.I. The number of nitrogens with zero attached hydrogens (tertiary/aromatic N) is 2. The van der Waals surface area contributed by atoms with Crippen LogP contribution < -0.4 is 15.4 Å². The maximum atomic E-state index is 5.84. The summed E-state index contributed by atoms with van der Waals surface area (Å²) in [6.07, 6.45) is 0. The molecule has 0 spiro atoms. The zero-order chi connectivity index (χ0) is 18.9. The van der Waals surface area contributed by atoms with Gasteiger partial charge in [-0.1, -0.05) is 12.1 Å². The van der Waals surface area contributed by atoms with Crippen molar-refractivity contribution in [2.45, 2.75) is 33.9 Å². The van der Waals surface area contributed by atoms with Crippen molar-refractivity contribution < 1.29 is 9.47 Å². The van der Waals surface area contributed by atoms with E-state index < -0.39 is 0 Å². The van der Waals surface area contributed by atoms with Gasteiger partial charge in [-0.15, -0.1) is 35.3 Å². The lowest BCUT2D eigenvalue weighted by atomic mass is 10.1. The normalized spacial score (nSPS) is 11.1. The summed E-state index contributed by atoms with van der Waals surface area (Å²) < 4.78 is 10.9. The third-order valence-electron chi connectivity index (χ3n) is 3.85. The molecular formula is C19H29IN4O2S. The highest BCUT2D eigenvalue weighted by Crippen LogP contribution is 2.20. The van der Waals surface area contributed by atoms with Crippen LogP contribution in [-0.2, 0) is 17.8 Å². The lowest BCUT2D eigenvalue weighted by molar-refractivity contribution is 0.145. The van der Waals surface area contributed by atoms with Crippen molar-refractivity contribution in [2.75, 3.05) is 27.4 Å². The third kappa shape index (κ3) is 7.63. The van der Waals surface area contributed by atoms with E-state index in [0.29, 0.717) is 26.3 Å². The Morgan fingerprint density at radius 3 is 2.52 bits per heavy atom. The molecule has 8 heteroatoms. The average molecular weight is 504 g/mol. The van der Waals surface area contributed by atoms with Crippen LogP contribution in [0.5, 0.6) is 5.75 Å². The fraction of sp³-hybridized carbons (Fsp3) is 0.474. The van der Waals surface area contributed by atoms with Gasteiger partial charge < -0.3 is 20.1 Å². The Hall–Kier alpha value is -1.39. The summed E-state index contributed by atoms with van der Waals surface area (Å²) in [6, 6.07) is 6.21. The Morgan fingerprint density at radius 1 is 1.15 bits per heavy atom. The van der Waals surface area contributed by atoms with Crippen molar-refractivity contribution >= 4 is 41.3 Å². The Bertz CT molecular complexity index is 749. The molecule has 0 unspecified atom stereocenters. The molecule has 0 atom stereocenters. The Morgan fingerprint density at radius 2 is 1.89 bits per heavy atom. The predicted molar refractivity (Wildman–Crippen MR) is 123 cm³/mol. The number of thiazole rings is 1. The molecule has 0 amide bonds. The summed E-state index contributed by atoms with van der Waals surface area (Å²) >= 11 is 1.71. The van der Waals surface area contributed by atoms with Gasteiger partial charge >= 0.3 is 0 Å². The number of rotatable bonds is 8. The molecule has 27 heavy (non-hydrogen) atoms. The van der Waals surface area contributed by atoms with E-state index in [1.165, 1.54) is 10.4 Å². The molecular weight excluding hydrogens is 475 g/mol. The van der Waals surface area contributed by atoms with Gasteiger partial charge in [0.1, 0.15) is 12.4 Å². The molecule has 1 aromatic carbocycles.